The van der Waals surface area contributed by atoms with Crippen LogP contribution >= 0.6 is 0 Å². The first-order valence-electron chi connectivity index (χ1n) is 10.0. The summed E-state index contributed by atoms with van der Waals surface area (Å²) in [6, 6.07) is 7.02. The number of hydrogen-bond acceptors (Lipinski definition) is 5. The number of piperazine rings is 1. The monoisotopic (exact) mass is 402 g/mol. The maximum absolute atomic E-state index is 13.9. The van der Waals surface area contributed by atoms with E-state index in [1.54, 1.807) is 24.1 Å². The summed E-state index contributed by atoms with van der Waals surface area (Å²) in [7, 11) is 5.67. The topological polar surface area (TPSA) is 64.8 Å². The minimum atomic E-state index is -0.137. The number of aliphatic imine (C=N–C) groups is 1. The van der Waals surface area contributed by atoms with E-state index in [0.29, 0.717) is 12.2 Å². The van der Waals surface area contributed by atoms with Crippen LogP contribution in [-0.4, -0.2) is 83.9 Å². The van der Waals surface area contributed by atoms with Gasteiger partial charge in [-0.3, -0.25) is 14.6 Å². The molecule has 1 saturated heterocycles. The van der Waals surface area contributed by atoms with Gasteiger partial charge < -0.3 is 15.1 Å². The van der Waals surface area contributed by atoms with Crippen LogP contribution in [0, 0.1) is 5.82 Å². The third-order valence-corrected chi connectivity index (χ3v) is 5.26. The Morgan fingerprint density at radius 3 is 2.66 bits per heavy atom. The van der Waals surface area contributed by atoms with Crippen LogP contribution < -0.4 is 10.2 Å². The van der Waals surface area contributed by atoms with Crippen LogP contribution in [0.1, 0.15) is 12.2 Å². The number of aromatic nitrogens is 3. The van der Waals surface area contributed by atoms with Gasteiger partial charge in [0.1, 0.15) is 18.0 Å². The smallest absolute Gasteiger partial charge is 0.193 e. The van der Waals surface area contributed by atoms with Crippen LogP contribution in [0.5, 0.6) is 0 Å². The Morgan fingerprint density at radius 1 is 1.24 bits per heavy atom. The summed E-state index contributed by atoms with van der Waals surface area (Å²) in [6.07, 6.45) is 2.59. The van der Waals surface area contributed by atoms with Gasteiger partial charge in [-0.15, -0.1) is 0 Å². The highest BCUT2D eigenvalue weighted by Crippen LogP contribution is 2.20. The summed E-state index contributed by atoms with van der Waals surface area (Å²) >= 11 is 0. The van der Waals surface area contributed by atoms with Crippen LogP contribution in [0.15, 0.2) is 35.6 Å². The lowest BCUT2D eigenvalue weighted by atomic mass is 10.2. The third-order valence-electron chi connectivity index (χ3n) is 5.26. The molecular weight excluding hydrogens is 371 g/mol. The normalized spacial score (nSPS) is 15.6. The van der Waals surface area contributed by atoms with Gasteiger partial charge in [-0.1, -0.05) is 12.1 Å². The van der Waals surface area contributed by atoms with Crippen molar-refractivity contribution >= 4 is 11.6 Å². The molecule has 0 atom stereocenters. The molecule has 9 heteroatoms. The maximum atomic E-state index is 13.9. The number of guanidine groups is 1. The second kappa shape index (κ2) is 10.2. The summed E-state index contributed by atoms with van der Waals surface area (Å²) in [5, 5.41) is 7.51. The second-order valence-electron chi connectivity index (χ2n) is 7.26. The van der Waals surface area contributed by atoms with E-state index in [9.17, 15) is 4.39 Å². The van der Waals surface area contributed by atoms with Gasteiger partial charge in [0.15, 0.2) is 5.96 Å². The molecule has 0 saturated carbocycles. The molecule has 3 rings (SSSR count). The van der Waals surface area contributed by atoms with Crippen molar-refractivity contribution in [3.63, 3.8) is 0 Å². The zero-order chi connectivity index (χ0) is 20.6. The molecule has 8 nitrogen and oxygen atoms in total. The SMILES string of the molecule is CN=C(NCCCN1CCN(c2ccccc2F)CC1)N(C)Cc1ncnn1C. The van der Waals surface area contributed by atoms with E-state index in [2.05, 4.69) is 30.2 Å². The van der Waals surface area contributed by atoms with Gasteiger partial charge in [0.2, 0.25) is 0 Å². The molecule has 0 radical (unpaired) electrons. The number of rotatable bonds is 7. The Hall–Kier alpha value is -2.68. The van der Waals surface area contributed by atoms with Gasteiger partial charge in [0.05, 0.1) is 12.2 Å². The minimum absolute atomic E-state index is 0.137. The van der Waals surface area contributed by atoms with E-state index in [0.717, 1.165) is 57.5 Å². The van der Waals surface area contributed by atoms with Crippen molar-refractivity contribution in [3.05, 3.63) is 42.2 Å². The van der Waals surface area contributed by atoms with E-state index < -0.39 is 0 Å². The van der Waals surface area contributed by atoms with E-state index in [-0.39, 0.29) is 5.82 Å². The number of para-hydroxylation sites is 1. The largest absolute Gasteiger partial charge is 0.367 e. The van der Waals surface area contributed by atoms with Crippen LogP contribution in [-0.2, 0) is 13.6 Å². The predicted molar refractivity (Wildman–Crippen MR) is 114 cm³/mol. The van der Waals surface area contributed by atoms with E-state index in [1.165, 1.54) is 6.07 Å². The first-order valence-corrected chi connectivity index (χ1v) is 10.0. The Kier molecular flexibility index (Phi) is 7.40. The van der Waals surface area contributed by atoms with Gasteiger partial charge in [-0.25, -0.2) is 9.37 Å². The molecular formula is C20H31FN8. The molecule has 1 aromatic carbocycles. The summed E-state index contributed by atoms with van der Waals surface area (Å²) < 4.78 is 15.7. The Labute approximate surface area is 172 Å². The zero-order valence-electron chi connectivity index (χ0n) is 17.6. The third kappa shape index (κ3) is 5.66. The van der Waals surface area contributed by atoms with Gasteiger partial charge >= 0.3 is 0 Å². The predicted octanol–water partition coefficient (Wildman–Crippen LogP) is 1.17. The van der Waals surface area contributed by atoms with Crippen molar-refractivity contribution in [3.8, 4) is 0 Å². The van der Waals surface area contributed by atoms with Crippen molar-refractivity contribution < 1.29 is 4.39 Å². The lowest BCUT2D eigenvalue weighted by Gasteiger charge is -2.36. The molecule has 1 fully saturated rings. The average molecular weight is 403 g/mol. The summed E-state index contributed by atoms with van der Waals surface area (Å²) in [5.41, 5.74) is 0.712. The minimum Gasteiger partial charge on any atom is -0.367 e. The second-order valence-corrected chi connectivity index (χ2v) is 7.26. The number of nitrogens with one attached hydrogen (secondary N) is 1. The highest BCUT2D eigenvalue weighted by molar-refractivity contribution is 5.79. The Balaban J connectivity index is 1.36. The fourth-order valence-electron chi connectivity index (χ4n) is 3.56. The van der Waals surface area contributed by atoms with Gasteiger partial charge in [0, 0.05) is 53.9 Å². The highest BCUT2D eigenvalue weighted by atomic mass is 19.1. The molecule has 0 unspecified atom stereocenters. The number of nitrogens with zero attached hydrogens (tertiary/aromatic N) is 7. The van der Waals surface area contributed by atoms with Crippen molar-refractivity contribution in [2.45, 2.75) is 13.0 Å². The van der Waals surface area contributed by atoms with Crippen molar-refractivity contribution in [2.75, 3.05) is 58.3 Å². The number of benzene rings is 1. The Bertz CT molecular complexity index is 797. The fraction of sp³-hybridized carbons (Fsp3) is 0.550. The van der Waals surface area contributed by atoms with E-state index in [4.69, 9.17) is 0 Å². The van der Waals surface area contributed by atoms with Gasteiger partial charge in [0.25, 0.3) is 0 Å². The van der Waals surface area contributed by atoms with Crippen LogP contribution in [0.2, 0.25) is 0 Å². The maximum Gasteiger partial charge on any atom is 0.193 e. The van der Waals surface area contributed by atoms with Crippen LogP contribution in [0.4, 0.5) is 10.1 Å². The molecule has 158 valence electrons. The standard InChI is InChI=1S/C20H31FN8/c1-22-20(26(2)15-19-24-16-25-27(19)3)23-9-6-10-28-11-13-29(14-12-28)18-8-5-4-7-17(18)21/h4-5,7-8,16H,6,9-15H2,1-3H3,(H,22,23). The first-order chi connectivity index (χ1) is 14.1. The molecule has 1 N–H and O–H groups in total. The van der Waals surface area contributed by atoms with Crippen molar-refractivity contribution in [2.24, 2.45) is 12.0 Å². The molecule has 0 aliphatic carbocycles. The van der Waals surface area contributed by atoms with E-state index >= 15 is 0 Å². The molecule has 2 aromatic rings. The molecule has 0 spiro atoms. The van der Waals surface area contributed by atoms with Gasteiger partial charge in [-0.05, 0) is 25.1 Å². The molecule has 0 bridgehead atoms. The molecule has 1 aliphatic rings. The highest BCUT2D eigenvalue weighted by Gasteiger charge is 2.19. The number of anilines is 1. The van der Waals surface area contributed by atoms with Gasteiger partial charge in [-0.2, -0.15) is 5.10 Å². The summed E-state index contributed by atoms with van der Waals surface area (Å²) in [4.78, 5) is 15.2. The van der Waals surface area contributed by atoms with Crippen molar-refractivity contribution in [1.82, 2.24) is 29.9 Å². The zero-order valence-corrected chi connectivity index (χ0v) is 17.6. The number of aryl methyl sites for hydroxylation is 1. The Morgan fingerprint density at radius 2 is 2.00 bits per heavy atom. The summed E-state index contributed by atoms with van der Waals surface area (Å²) in [6.45, 7) is 6.14. The number of hydrogen-bond donors (Lipinski definition) is 1. The lowest BCUT2D eigenvalue weighted by molar-refractivity contribution is 0.254. The molecule has 0 amide bonds. The lowest BCUT2D eigenvalue weighted by Crippen LogP contribution is -2.47. The first kappa shape index (κ1) is 21.0. The quantitative estimate of drug-likeness (QED) is 0.426. The van der Waals surface area contributed by atoms with Crippen LogP contribution in [0.3, 0.4) is 0 Å². The average Bonchev–Trinajstić information content (AvgIpc) is 3.13. The van der Waals surface area contributed by atoms with E-state index in [1.807, 2.05) is 31.1 Å². The molecule has 2 heterocycles. The van der Waals surface area contributed by atoms with Crippen LogP contribution in [0.25, 0.3) is 0 Å². The molecule has 1 aromatic heterocycles. The molecule has 1 aliphatic heterocycles. The molecule has 29 heavy (non-hydrogen) atoms. The van der Waals surface area contributed by atoms with Crippen molar-refractivity contribution in [1.29, 1.82) is 0 Å². The fourth-order valence-corrected chi connectivity index (χ4v) is 3.56. The summed E-state index contributed by atoms with van der Waals surface area (Å²) in [5.74, 6) is 1.60. The number of halogens is 1.